The van der Waals surface area contributed by atoms with Gasteiger partial charge in [-0.05, 0) is 37.2 Å². The first-order chi connectivity index (χ1) is 6.83. The zero-order valence-corrected chi connectivity index (χ0v) is 8.33. The molecule has 3 N–H and O–H groups in total. The van der Waals surface area contributed by atoms with E-state index in [0.29, 0.717) is 6.54 Å². The van der Waals surface area contributed by atoms with Crippen LogP contribution in [0.15, 0.2) is 30.5 Å². The average molecular weight is 189 g/mol. The first-order valence-corrected chi connectivity index (χ1v) is 4.81. The molecule has 14 heavy (non-hydrogen) atoms. The predicted octanol–water partition coefficient (Wildman–Crippen LogP) is 1.52. The van der Waals surface area contributed by atoms with Crippen molar-refractivity contribution in [1.82, 2.24) is 9.55 Å². The van der Waals surface area contributed by atoms with Gasteiger partial charge in [-0.15, -0.1) is 0 Å². The molecule has 0 aliphatic rings. The fourth-order valence-corrected chi connectivity index (χ4v) is 1.71. The second kappa shape index (κ2) is 3.72. The molecule has 0 unspecified atom stereocenters. The number of nitrogens with one attached hydrogen (secondary N) is 1. The smallest absolute Gasteiger partial charge is 0.0645 e. The number of hydrogen-bond acceptors (Lipinski definition) is 1. The van der Waals surface area contributed by atoms with Crippen LogP contribution < -0.4 is 5.73 Å². The van der Waals surface area contributed by atoms with E-state index in [1.165, 1.54) is 11.4 Å². The lowest BCUT2D eigenvalue weighted by atomic mass is 10.3. The zero-order valence-electron chi connectivity index (χ0n) is 8.33. The van der Waals surface area contributed by atoms with Crippen molar-refractivity contribution in [3.05, 3.63) is 36.2 Å². The van der Waals surface area contributed by atoms with Crippen molar-refractivity contribution < 1.29 is 0 Å². The minimum atomic E-state index is 0.696. The summed E-state index contributed by atoms with van der Waals surface area (Å²) in [6.45, 7) is 0.696. The average Bonchev–Trinajstić information content (AvgIpc) is 2.77. The van der Waals surface area contributed by atoms with Gasteiger partial charge in [-0.25, -0.2) is 0 Å². The highest BCUT2D eigenvalue weighted by atomic mass is 15.0. The molecule has 0 saturated heterocycles. The van der Waals surface area contributed by atoms with Crippen molar-refractivity contribution in [2.45, 2.75) is 6.42 Å². The monoisotopic (exact) mass is 189 g/mol. The van der Waals surface area contributed by atoms with E-state index in [4.69, 9.17) is 5.73 Å². The van der Waals surface area contributed by atoms with Crippen LogP contribution in [0, 0.1) is 0 Å². The maximum atomic E-state index is 5.54. The second-order valence-corrected chi connectivity index (χ2v) is 3.39. The molecule has 2 rings (SSSR count). The van der Waals surface area contributed by atoms with E-state index < -0.39 is 0 Å². The van der Waals surface area contributed by atoms with Crippen LogP contribution in [-0.4, -0.2) is 16.1 Å². The topological polar surface area (TPSA) is 46.7 Å². The molecule has 2 heterocycles. The molecular formula is C11H15N3. The summed E-state index contributed by atoms with van der Waals surface area (Å²) in [5.74, 6) is 0. The van der Waals surface area contributed by atoms with Crippen molar-refractivity contribution in [2.24, 2.45) is 12.8 Å². The Labute approximate surface area is 83.6 Å². The largest absolute Gasteiger partial charge is 0.360 e. The molecule has 0 aliphatic heterocycles. The van der Waals surface area contributed by atoms with Crippen molar-refractivity contribution in [3.8, 4) is 11.4 Å². The van der Waals surface area contributed by atoms with Crippen LogP contribution in [0.5, 0.6) is 0 Å². The summed E-state index contributed by atoms with van der Waals surface area (Å²) in [4.78, 5) is 3.20. The van der Waals surface area contributed by atoms with E-state index in [1.807, 2.05) is 12.3 Å². The lowest BCUT2D eigenvalue weighted by molar-refractivity contribution is 0.811. The Morgan fingerprint density at radius 2 is 2.21 bits per heavy atom. The van der Waals surface area contributed by atoms with E-state index in [-0.39, 0.29) is 0 Å². The molecule has 0 fully saturated rings. The van der Waals surface area contributed by atoms with Crippen LogP contribution in [0.4, 0.5) is 0 Å². The van der Waals surface area contributed by atoms with Gasteiger partial charge in [0.25, 0.3) is 0 Å². The molecule has 0 amide bonds. The third kappa shape index (κ3) is 1.46. The molecule has 0 spiro atoms. The lowest BCUT2D eigenvalue weighted by Gasteiger charge is -2.05. The third-order valence-corrected chi connectivity index (χ3v) is 2.50. The number of aromatic nitrogens is 2. The summed E-state index contributed by atoms with van der Waals surface area (Å²) >= 11 is 0. The molecule has 0 saturated carbocycles. The van der Waals surface area contributed by atoms with Crippen LogP contribution in [0.1, 0.15) is 5.69 Å². The molecule has 0 radical (unpaired) electrons. The van der Waals surface area contributed by atoms with Gasteiger partial charge in [-0.2, -0.15) is 0 Å². The summed E-state index contributed by atoms with van der Waals surface area (Å²) in [6, 6.07) is 8.33. The highest BCUT2D eigenvalue weighted by Crippen LogP contribution is 2.19. The van der Waals surface area contributed by atoms with E-state index >= 15 is 0 Å². The van der Waals surface area contributed by atoms with Crippen molar-refractivity contribution in [2.75, 3.05) is 6.54 Å². The van der Waals surface area contributed by atoms with Crippen LogP contribution in [0.25, 0.3) is 11.4 Å². The maximum Gasteiger partial charge on any atom is 0.0645 e. The van der Waals surface area contributed by atoms with Crippen molar-refractivity contribution in [3.63, 3.8) is 0 Å². The fourth-order valence-electron chi connectivity index (χ4n) is 1.71. The van der Waals surface area contributed by atoms with Crippen LogP contribution >= 0.6 is 0 Å². The van der Waals surface area contributed by atoms with E-state index in [1.54, 1.807) is 0 Å². The summed E-state index contributed by atoms with van der Waals surface area (Å²) in [7, 11) is 2.07. The Balaban J connectivity index is 2.36. The number of aromatic amines is 1. The number of hydrogen-bond donors (Lipinski definition) is 2. The Hall–Kier alpha value is -1.48. The highest BCUT2D eigenvalue weighted by Gasteiger charge is 2.05. The van der Waals surface area contributed by atoms with Gasteiger partial charge in [0.15, 0.2) is 0 Å². The number of rotatable bonds is 3. The minimum absolute atomic E-state index is 0.696. The molecule has 2 aromatic rings. The first-order valence-electron chi connectivity index (χ1n) is 4.81. The SMILES string of the molecule is Cn1c(CCN)ccc1-c1ccc[nH]1. The van der Waals surface area contributed by atoms with Gasteiger partial charge in [0.2, 0.25) is 0 Å². The highest BCUT2D eigenvalue weighted by molar-refractivity contribution is 5.56. The van der Waals surface area contributed by atoms with E-state index in [0.717, 1.165) is 12.1 Å². The van der Waals surface area contributed by atoms with Crippen LogP contribution in [-0.2, 0) is 13.5 Å². The molecular weight excluding hydrogens is 174 g/mol. The van der Waals surface area contributed by atoms with Gasteiger partial charge in [0, 0.05) is 18.9 Å². The van der Waals surface area contributed by atoms with Crippen molar-refractivity contribution in [1.29, 1.82) is 0 Å². The van der Waals surface area contributed by atoms with Gasteiger partial charge in [0.1, 0.15) is 0 Å². The third-order valence-electron chi connectivity index (χ3n) is 2.50. The van der Waals surface area contributed by atoms with Gasteiger partial charge >= 0.3 is 0 Å². The Morgan fingerprint density at radius 3 is 2.86 bits per heavy atom. The summed E-state index contributed by atoms with van der Waals surface area (Å²) in [5.41, 5.74) is 9.17. The fraction of sp³-hybridized carbons (Fsp3) is 0.273. The number of nitrogens with two attached hydrogens (primary N) is 1. The zero-order chi connectivity index (χ0) is 9.97. The Morgan fingerprint density at radius 1 is 1.36 bits per heavy atom. The van der Waals surface area contributed by atoms with Gasteiger partial charge in [0.05, 0.1) is 11.4 Å². The summed E-state index contributed by atoms with van der Waals surface area (Å²) < 4.78 is 2.18. The summed E-state index contributed by atoms with van der Waals surface area (Å²) in [6.07, 6.45) is 2.86. The molecule has 0 aliphatic carbocycles. The normalized spacial score (nSPS) is 10.7. The van der Waals surface area contributed by atoms with Gasteiger partial charge in [-0.3, -0.25) is 0 Å². The van der Waals surface area contributed by atoms with E-state index in [2.05, 4.69) is 34.8 Å². The van der Waals surface area contributed by atoms with Crippen LogP contribution in [0.3, 0.4) is 0 Å². The molecule has 0 atom stereocenters. The molecule has 3 nitrogen and oxygen atoms in total. The molecule has 74 valence electrons. The minimum Gasteiger partial charge on any atom is -0.360 e. The second-order valence-electron chi connectivity index (χ2n) is 3.39. The predicted molar refractivity (Wildman–Crippen MR) is 58.0 cm³/mol. The lowest BCUT2D eigenvalue weighted by Crippen LogP contribution is -2.07. The van der Waals surface area contributed by atoms with Crippen LogP contribution in [0.2, 0.25) is 0 Å². The Bertz CT molecular complexity index is 398. The molecule has 2 aromatic heterocycles. The maximum absolute atomic E-state index is 5.54. The summed E-state index contributed by atoms with van der Waals surface area (Å²) in [5, 5.41) is 0. The quantitative estimate of drug-likeness (QED) is 0.755. The first kappa shape index (κ1) is 9.09. The number of nitrogens with zero attached hydrogens (tertiary/aromatic N) is 1. The van der Waals surface area contributed by atoms with Gasteiger partial charge in [-0.1, -0.05) is 0 Å². The van der Waals surface area contributed by atoms with Crippen molar-refractivity contribution >= 4 is 0 Å². The van der Waals surface area contributed by atoms with E-state index in [9.17, 15) is 0 Å². The van der Waals surface area contributed by atoms with Gasteiger partial charge < -0.3 is 15.3 Å². The molecule has 3 heteroatoms. The molecule has 0 bridgehead atoms. The molecule has 0 aromatic carbocycles. The Kier molecular flexibility index (Phi) is 2.41. The standard InChI is InChI=1S/C11H15N3/c1-14-9(6-7-12)4-5-11(14)10-3-2-8-13-10/h2-5,8,13H,6-7,12H2,1H3. The number of H-pyrrole nitrogens is 1.